The van der Waals surface area contributed by atoms with Crippen molar-refractivity contribution in [2.45, 2.75) is 13.1 Å². The normalized spacial score (nSPS) is 11.4. The Balaban J connectivity index is 1.85. The number of aromatic nitrogens is 4. The summed E-state index contributed by atoms with van der Waals surface area (Å²) in [5.74, 6) is -0.948. The van der Waals surface area contributed by atoms with Crippen LogP contribution in [0.1, 0.15) is 17.0 Å². The molecule has 0 saturated heterocycles. The average Bonchev–Trinajstić information content (AvgIpc) is 3.25. The van der Waals surface area contributed by atoms with Crippen LogP contribution in [0.15, 0.2) is 66.9 Å². The van der Waals surface area contributed by atoms with Crippen LogP contribution in [0.2, 0.25) is 0 Å². The molecule has 2 aromatic carbocycles. The molecule has 0 atom stereocenters. The molecule has 0 aliphatic rings. The second kappa shape index (κ2) is 9.71. The van der Waals surface area contributed by atoms with Gasteiger partial charge in [-0.05, 0) is 48.4 Å². The number of hydrogen-bond acceptors (Lipinski definition) is 5. The lowest BCUT2D eigenvalue weighted by molar-refractivity contribution is -0.141. The van der Waals surface area contributed by atoms with Gasteiger partial charge in [0, 0.05) is 29.2 Å². The fourth-order valence-corrected chi connectivity index (χ4v) is 3.39. The molecular weight excluding hydrogens is 473 g/mol. The van der Waals surface area contributed by atoms with Crippen molar-refractivity contribution in [2.75, 3.05) is 5.32 Å². The van der Waals surface area contributed by atoms with Crippen LogP contribution in [0.3, 0.4) is 0 Å². The molecule has 0 unspecified atom stereocenters. The van der Waals surface area contributed by atoms with Crippen molar-refractivity contribution in [1.29, 1.82) is 0 Å². The molecule has 0 aliphatic heterocycles. The Labute approximate surface area is 203 Å². The molecule has 11 heteroatoms. The van der Waals surface area contributed by atoms with Crippen LogP contribution in [0.25, 0.3) is 27.9 Å². The predicted molar refractivity (Wildman–Crippen MR) is 127 cm³/mol. The second-order valence-corrected chi connectivity index (χ2v) is 7.60. The monoisotopic (exact) mass is 490 g/mol. The molecule has 4 aromatic rings. The first-order valence-corrected chi connectivity index (χ1v) is 10.4. The molecule has 180 valence electrons. The second-order valence-electron chi connectivity index (χ2n) is 7.60. The molecule has 0 bridgehead atoms. The van der Waals surface area contributed by atoms with Crippen molar-refractivity contribution in [3.8, 4) is 16.9 Å². The summed E-state index contributed by atoms with van der Waals surface area (Å²) in [5.41, 5.74) is 1.53. The Morgan fingerprint density at radius 1 is 1.17 bits per heavy atom. The lowest BCUT2D eigenvalue weighted by Crippen LogP contribution is -2.10. The smallest absolute Gasteiger partial charge is 0.435 e. The van der Waals surface area contributed by atoms with Crippen LogP contribution in [0.5, 0.6) is 0 Å². The number of aliphatic carboxylic acids is 1. The minimum absolute atomic E-state index is 0.0844. The summed E-state index contributed by atoms with van der Waals surface area (Å²) >= 11 is 0. The number of carbonyl (C=O) groups is 1. The highest BCUT2D eigenvalue weighted by Crippen LogP contribution is 2.32. The highest BCUT2D eigenvalue weighted by atomic mass is 19.4. The van der Waals surface area contributed by atoms with E-state index in [0.29, 0.717) is 28.1 Å². The van der Waals surface area contributed by atoms with Gasteiger partial charge in [-0.3, -0.25) is 0 Å². The van der Waals surface area contributed by atoms with E-state index < -0.39 is 17.8 Å². The molecule has 0 amide bonds. The first-order valence-electron chi connectivity index (χ1n) is 10.4. The number of nitrogens with one attached hydrogen (secondary N) is 1. The van der Waals surface area contributed by atoms with Gasteiger partial charge in [0.15, 0.2) is 17.2 Å². The number of aryl methyl sites for hydroxylation is 1. The van der Waals surface area contributed by atoms with Gasteiger partial charge in [0.1, 0.15) is 0 Å². The van der Waals surface area contributed by atoms with Crippen molar-refractivity contribution < 1.29 is 23.1 Å². The van der Waals surface area contributed by atoms with Crippen LogP contribution >= 0.6 is 0 Å². The number of halogens is 3. The number of carboxylic acid groups (broad SMARTS) is 1. The zero-order valence-corrected chi connectivity index (χ0v) is 18.7. The van der Waals surface area contributed by atoms with Crippen molar-refractivity contribution in [3.05, 3.63) is 95.2 Å². The molecule has 2 heterocycles. The van der Waals surface area contributed by atoms with E-state index in [1.807, 2.05) is 0 Å². The van der Waals surface area contributed by atoms with Crippen LogP contribution < -0.4 is 5.32 Å². The van der Waals surface area contributed by atoms with Gasteiger partial charge in [-0.25, -0.2) is 19.3 Å². The van der Waals surface area contributed by atoms with E-state index in [-0.39, 0.29) is 17.5 Å². The first kappa shape index (κ1) is 24.2. The maximum atomic E-state index is 13.4. The zero-order chi connectivity index (χ0) is 25.9. The van der Waals surface area contributed by atoms with E-state index in [0.717, 1.165) is 16.8 Å². The van der Waals surface area contributed by atoms with Crippen molar-refractivity contribution in [2.24, 2.45) is 0 Å². The van der Waals surface area contributed by atoms with Crippen molar-refractivity contribution >= 4 is 29.4 Å². The van der Waals surface area contributed by atoms with Crippen LogP contribution in [0, 0.1) is 13.5 Å². The highest BCUT2D eigenvalue weighted by Gasteiger charge is 2.35. The highest BCUT2D eigenvalue weighted by molar-refractivity contribution is 5.86. The summed E-state index contributed by atoms with van der Waals surface area (Å²) in [6.45, 7) is 8.64. The van der Waals surface area contributed by atoms with Gasteiger partial charge in [-0.2, -0.15) is 23.3 Å². The Kier molecular flexibility index (Phi) is 6.52. The summed E-state index contributed by atoms with van der Waals surface area (Å²) in [6, 6.07) is 14.2. The van der Waals surface area contributed by atoms with Crippen LogP contribution in [0.4, 0.5) is 30.5 Å². The molecule has 0 saturated carbocycles. The van der Waals surface area contributed by atoms with Crippen molar-refractivity contribution in [3.63, 3.8) is 0 Å². The maximum Gasteiger partial charge on any atom is 0.435 e. The van der Waals surface area contributed by atoms with E-state index >= 15 is 0 Å². The van der Waals surface area contributed by atoms with E-state index in [4.69, 9.17) is 11.7 Å². The fourth-order valence-electron chi connectivity index (χ4n) is 3.39. The summed E-state index contributed by atoms with van der Waals surface area (Å²) in [4.78, 5) is 23.0. The summed E-state index contributed by atoms with van der Waals surface area (Å²) in [5, 5.41) is 15.6. The molecule has 0 aliphatic carbocycles. The molecule has 2 N–H and O–H groups in total. The fraction of sp³-hybridized carbons (Fsp3) is 0.0800. The molecule has 2 aromatic heterocycles. The summed E-state index contributed by atoms with van der Waals surface area (Å²) < 4.78 is 41.2. The Bertz CT molecular complexity index is 1520. The lowest BCUT2D eigenvalue weighted by Gasteiger charge is -2.13. The third-order valence-corrected chi connectivity index (χ3v) is 4.99. The molecule has 0 spiro atoms. The maximum absolute atomic E-state index is 13.4. The van der Waals surface area contributed by atoms with Gasteiger partial charge < -0.3 is 10.4 Å². The molecule has 0 radical (unpaired) electrons. The average molecular weight is 490 g/mol. The number of carboxylic acids is 1. The molecule has 0 fully saturated rings. The van der Waals surface area contributed by atoms with Gasteiger partial charge in [-0.1, -0.05) is 30.3 Å². The van der Waals surface area contributed by atoms with E-state index in [9.17, 15) is 18.0 Å². The zero-order valence-electron chi connectivity index (χ0n) is 18.7. The molecular formula is C25H17F3N6O2. The van der Waals surface area contributed by atoms with Crippen LogP contribution in [-0.2, 0) is 11.0 Å². The number of nitrogens with zero attached hydrogens (tertiary/aromatic N) is 5. The van der Waals surface area contributed by atoms with Crippen molar-refractivity contribution in [1.82, 2.24) is 19.7 Å². The minimum Gasteiger partial charge on any atom is -0.478 e. The van der Waals surface area contributed by atoms with Gasteiger partial charge in [0.2, 0.25) is 5.95 Å². The minimum atomic E-state index is -4.65. The Morgan fingerprint density at radius 2 is 1.94 bits per heavy atom. The molecule has 36 heavy (non-hydrogen) atoms. The predicted octanol–water partition coefficient (Wildman–Crippen LogP) is 6.05. The summed E-state index contributed by atoms with van der Waals surface area (Å²) in [7, 11) is 0. The number of alkyl halides is 3. The van der Waals surface area contributed by atoms with Crippen LogP contribution in [-0.4, -0.2) is 30.8 Å². The molecule has 8 nitrogen and oxygen atoms in total. The SMILES string of the molecule is [C-]#[N+]c1cccc(Nc2ncc(-c3cccc(/C=C/C(=O)O)c3)c(-n3nc(C(F)(F)F)cc3C)n2)c1. The van der Waals surface area contributed by atoms with Gasteiger partial charge in [0.25, 0.3) is 0 Å². The molecule has 4 rings (SSSR count). The van der Waals surface area contributed by atoms with E-state index in [2.05, 4.69) is 25.2 Å². The van der Waals surface area contributed by atoms with E-state index in [1.165, 1.54) is 19.2 Å². The Hall–Kier alpha value is -4.98. The Morgan fingerprint density at radius 3 is 2.64 bits per heavy atom. The van der Waals surface area contributed by atoms with E-state index in [1.54, 1.807) is 48.5 Å². The quantitative estimate of drug-likeness (QED) is 0.252. The largest absolute Gasteiger partial charge is 0.478 e. The summed E-state index contributed by atoms with van der Waals surface area (Å²) in [6.07, 6.45) is -0.828. The standard InChI is InChI=1S/C25H17F3N6O2/c1-15-11-21(25(26,27)28)33-34(15)23-20(17-6-3-5-16(12-17)9-10-22(35)36)14-30-24(32-23)31-19-8-4-7-18(13-19)29-2/h3-14H,1H3,(H,35,36)(H,30,31,32)/b10-9+. The van der Waals surface area contributed by atoms with Gasteiger partial charge in [-0.15, -0.1) is 0 Å². The number of benzene rings is 2. The third kappa shape index (κ3) is 5.39. The first-order chi connectivity index (χ1) is 17.1. The van der Waals surface area contributed by atoms with Gasteiger partial charge >= 0.3 is 12.1 Å². The third-order valence-electron chi connectivity index (χ3n) is 4.99. The lowest BCUT2D eigenvalue weighted by atomic mass is 10.0. The van der Waals surface area contributed by atoms with Gasteiger partial charge in [0.05, 0.1) is 6.57 Å². The topological polar surface area (TPSA) is 97.3 Å². The number of rotatable bonds is 6. The number of anilines is 2. The number of hydrogen-bond donors (Lipinski definition) is 2.